The van der Waals surface area contributed by atoms with Gasteiger partial charge in [-0.3, -0.25) is 0 Å². The second-order valence-corrected chi connectivity index (χ2v) is 3.10. The van der Waals surface area contributed by atoms with Crippen molar-refractivity contribution in [2.45, 2.75) is 0 Å². The molecule has 1 aromatic carbocycles. The Morgan fingerprint density at radius 1 is 1.36 bits per heavy atom. The van der Waals surface area contributed by atoms with Crippen molar-refractivity contribution >= 4 is 29.3 Å². The van der Waals surface area contributed by atoms with Crippen molar-refractivity contribution in [3.63, 3.8) is 0 Å². The predicted octanol–water partition coefficient (Wildman–Crippen LogP) is 1.42. The van der Waals surface area contributed by atoms with Gasteiger partial charge in [-0.25, -0.2) is 4.79 Å². The van der Waals surface area contributed by atoms with E-state index in [1.54, 1.807) is 24.3 Å². The van der Waals surface area contributed by atoms with Crippen LogP contribution in [0.15, 0.2) is 30.3 Å². The minimum Gasteiger partial charge on any atom is -0.478 e. The number of hydrogen-bond donors (Lipinski definition) is 2. The minimum absolute atomic E-state index is 0.332. The van der Waals surface area contributed by atoms with E-state index in [0.29, 0.717) is 4.99 Å². The van der Waals surface area contributed by atoms with E-state index < -0.39 is 5.97 Å². The molecule has 0 radical (unpaired) electrons. The van der Waals surface area contributed by atoms with E-state index in [2.05, 4.69) is 0 Å². The molecule has 0 heterocycles. The highest BCUT2D eigenvalue weighted by molar-refractivity contribution is 7.80. The van der Waals surface area contributed by atoms with Gasteiger partial charge in [0.1, 0.15) is 4.99 Å². The fraction of sp³-hybridized carbons (Fsp3) is 0. The number of aliphatic carboxylic acids is 1. The Bertz CT molecular complexity index is 382. The van der Waals surface area contributed by atoms with Crippen LogP contribution in [0.4, 0.5) is 0 Å². The highest BCUT2D eigenvalue weighted by atomic mass is 32.1. The smallest absolute Gasteiger partial charge is 0.328 e. The number of rotatable bonds is 3. The number of benzene rings is 1. The molecule has 0 atom stereocenters. The zero-order valence-corrected chi connectivity index (χ0v) is 8.12. The van der Waals surface area contributed by atoms with Crippen LogP contribution in [0, 0.1) is 0 Å². The summed E-state index contributed by atoms with van der Waals surface area (Å²) in [6, 6.07) is 7.02. The van der Waals surface area contributed by atoms with E-state index in [1.807, 2.05) is 0 Å². The van der Waals surface area contributed by atoms with Gasteiger partial charge in [-0.15, -0.1) is 0 Å². The first-order valence-corrected chi connectivity index (χ1v) is 4.31. The lowest BCUT2D eigenvalue weighted by Crippen LogP contribution is -2.08. The molecule has 72 valence electrons. The van der Waals surface area contributed by atoms with Crippen molar-refractivity contribution in [2.75, 3.05) is 0 Å². The van der Waals surface area contributed by atoms with Gasteiger partial charge in [-0.05, 0) is 11.6 Å². The normalized spacial score (nSPS) is 10.3. The summed E-state index contributed by atoms with van der Waals surface area (Å²) in [5, 5.41) is 8.39. The lowest BCUT2D eigenvalue weighted by molar-refractivity contribution is -0.131. The molecule has 3 N–H and O–H groups in total. The predicted molar refractivity (Wildman–Crippen MR) is 59.0 cm³/mol. The van der Waals surface area contributed by atoms with E-state index in [4.69, 9.17) is 23.1 Å². The Morgan fingerprint density at radius 2 is 1.93 bits per heavy atom. The fourth-order valence-corrected chi connectivity index (χ4v) is 1.06. The van der Waals surface area contributed by atoms with Gasteiger partial charge in [-0.1, -0.05) is 36.5 Å². The molecule has 3 nitrogen and oxygen atoms in total. The maximum absolute atomic E-state index is 10.2. The van der Waals surface area contributed by atoms with Crippen LogP contribution in [0.5, 0.6) is 0 Å². The van der Waals surface area contributed by atoms with Gasteiger partial charge in [-0.2, -0.15) is 0 Å². The zero-order valence-electron chi connectivity index (χ0n) is 7.31. The number of carboxylic acids is 1. The molecule has 1 aromatic rings. The summed E-state index contributed by atoms with van der Waals surface area (Å²) in [6.45, 7) is 0. The summed E-state index contributed by atoms with van der Waals surface area (Å²) >= 11 is 4.78. The first-order chi connectivity index (χ1) is 6.59. The summed E-state index contributed by atoms with van der Waals surface area (Å²) in [7, 11) is 0. The van der Waals surface area contributed by atoms with E-state index >= 15 is 0 Å². The summed E-state index contributed by atoms with van der Waals surface area (Å²) in [6.07, 6.45) is 2.58. The molecular weight excluding hydrogens is 198 g/mol. The van der Waals surface area contributed by atoms with Crippen molar-refractivity contribution < 1.29 is 9.90 Å². The molecular formula is C10H9NO2S. The molecule has 0 spiro atoms. The number of carboxylic acid groups (broad SMARTS) is 1. The second kappa shape index (κ2) is 4.53. The van der Waals surface area contributed by atoms with Gasteiger partial charge in [0.25, 0.3) is 0 Å². The average Bonchev–Trinajstić information content (AvgIpc) is 2.15. The molecule has 0 amide bonds. The monoisotopic (exact) mass is 207 g/mol. The van der Waals surface area contributed by atoms with Gasteiger partial charge in [0.15, 0.2) is 0 Å². The van der Waals surface area contributed by atoms with Crippen molar-refractivity contribution in [1.82, 2.24) is 0 Å². The van der Waals surface area contributed by atoms with E-state index in [1.165, 1.54) is 6.08 Å². The third-order valence-corrected chi connectivity index (χ3v) is 1.85. The van der Waals surface area contributed by atoms with E-state index in [0.717, 1.165) is 17.2 Å². The molecule has 0 saturated heterocycles. The Balaban J connectivity index is 2.83. The van der Waals surface area contributed by atoms with Crippen molar-refractivity contribution in [3.05, 3.63) is 41.5 Å². The third-order valence-electron chi connectivity index (χ3n) is 1.61. The van der Waals surface area contributed by atoms with Crippen molar-refractivity contribution in [1.29, 1.82) is 0 Å². The summed E-state index contributed by atoms with van der Waals surface area (Å²) in [5.41, 5.74) is 6.97. The molecule has 0 aliphatic heterocycles. The topological polar surface area (TPSA) is 63.3 Å². The van der Waals surface area contributed by atoms with Crippen LogP contribution < -0.4 is 5.73 Å². The maximum atomic E-state index is 10.2. The number of thiocarbonyl (C=S) groups is 1. The first-order valence-electron chi connectivity index (χ1n) is 3.90. The van der Waals surface area contributed by atoms with Crippen molar-refractivity contribution in [3.8, 4) is 0 Å². The molecule has 0 aromatic heterocycles. The molecule has 0 aliphatic carbocycles. The minimum atomic E-state index is -0.969. The van der Waals surface area contributed by atoms with Crippen LogP contribution in [0.2, 0.25) is 0 Å². The quantitative estimate of drug-likeness (QED) is 0.581. The number of nitrogens with two attached hydrogens (primary N) is 1. The summed E-state index contributed by atoms with van der Waals surface area (Å²) in [5.74, 6) is -0.969. The molecule has 4 heteroatoms. The van der Waals surface area contributed by atoms with Crippen LogP contribution in [-0.4, -0.2) is 16.1 Å². The zero-order chi connectivity index (χ0) is 10.6. The summed E-state index contributed by atoms with van der Waals surface area (Å²) in [4.78, 5) is 10.6. The van der Waals surface area contributed by atoms with E-state index in [9.17, 15) is 4.79 Å². The van der Waals surface area contributed by atoms with Gasteiger partial charge >= 0.3 is 5.97 Å². The third kappa shape index (κ3) is 2.99. The molecule has 0 unspecified atom stereocenters. The van der Waals surface area contributed by atoms with Crippen LogP contribution in [-0.2, 0) is 4.79 Å². The van der Waals surface area contributed by atoms with Gasteiger partial charge in [0, 0.05) is 11.6 Å². The van der Waals surface area contributed by atoms with Crippen LogP contribution in [0.1, 0.15) is 11.1 Å². The van der Waals surface area contributed by atoms with E-state index in [-0.39, 0.29) is 0 Å². The Morgan fingerprint density at radius 3 is 2.36 bits per heavy atom. The Labute approximate surface area is 86.9 Å². The summed E-state index contributed by atoms with van der Waals surface area (Å²) < 4.78 is 0. The molecule has 0 fully saturated rings. The number of hydrogen-bond acceptors (Lipinski definition) is 2. The molecule has 0 bridgehead atoms. The lowest BCUT2D eigenvalue weighted by Gasteiger charge is -1.97. The van der Waals surface area contributed by atoms with Crippen LogP contribution >= 0.6 is 12.2 Å². The van der Waals surface area contributed by atoms with Gasteiger partial charge in [0.2, 0.25) is 0 Å². The first kappa shape index (κ1) is 10.4. The molecule has 14 heavy (non-hydrogen) atoms. The largest absolute Gasteiger partial charge is 0.478 e. The van der Waals surface area contributed by atoms with Crippen LogP contribution in [0.3, 0.4) is 0 Å². The van der Waals surface area contributed by atoms with Gasteiger partial charge < -0.3 is 10.8 Å². The SMILES string of the molecule is NC(=S)c1ccc(C=CC(=O)O)cc1. The second-order valence-electron chi connectivity index (χ2n) is 2.66. The molecule has 0 aliphatic rings. The Kier molecular flexibility index (Phi) is 3.36. The highest BCUT2D eigenvalue weighted by Crippen LogP contribution is 2.05. The Hall–Kier alpha value is -1.68. The highest BCUT2D eigenvalue weighted by Gasteiger charge is 1.94. The average molecular weight is 207 g/mol. The maximum Gasteiger partial charge on any atom is 0.328 e. The standard InChI is InChI=1S/C10H9NO2S/c11-10(14)8-4-1-7(2-5-8)3-6-9(12)13/h1-6H,(H2,11,14)(H,12,13). The van der Waals surface area contributed by atoms with Crippen LogP contribution in [0.25, 0.3) is 6.08 Å². The number of carbonyl (C=O) groups is 1. The van der Waals surface area contributed by atoms with Gasteiger partial charge in [0.05, 0.1) is 0 Å². The fourth-order valence-electron chi connectivity index (χ4n) is 0.926. The molecule has 1 rings (SSSR count). The molecule has 0 saturated carbocycles. The van der Waals surface area contributed by atoms with Crippen molar-refractivity contribution in [2.24, 2.45) is 5.73 Å². The lowest BCUT2D eigenvalue weighted by atomic mass is 10.1.